The van der Waals surface area contributed by atoms with Gasteiger partial charge in [-0.05, 0) is 54.2 Å². The third kappa shape index (κ3) is 1.68. The van der Waals surface area contributed by atoms with Gasteiger partial charge in [-0.15, -0.1) is 0 Å². The molecule has 2 heterocycles. The Bertz CT molecular complexity index is 712. The highest BCUT2D eigenvalue weighted by Crippen LogP contribution is 2.50. The molecule has 0 aromatic heterocycles. The van der Waals surface area contributed by atoms with Crippen LogP contribution < -0.4 is 4.74 Å². The van der Waals surface area contributed by atoms with E-state index in [9.17, 15) is 5.21 Å². The van der Waals surface area contributed by atoms with E-state index in [4.69, 9.17) is 4.74 Å². The van der Waals surface area contributed by atoms with Crippen LogP contribution >= 0.6 is 0 Å². The molecule has 2 aromatic carbocycles. The summed E-state index contributed by atoms with van der Waals surface area (Å²) in [6.07, 6.45) is 1.63. The van der Waals surface area contributed by atoms with Crippen molar-refractivity contribution in [1.29, 1.82) is 0 Å². The third-order valence-electron chi connectivity index (χ3n) is 5.06. The van der Waals surface area contributed by atoms with Crippen molar-refractivity contribution in [2.45, 2.75) is 31.3 Å². The first-order valence-electron chi connectivity index (χ1n) is 7.37. The highest BCUT2D eigenvalue weighted by Gasteiger charge is 2.48. The molecule has 3 heteroatoms. The molecule has 2 aromatic rings. The van der Waals surface area contributed by atoms with E-state index < -0.39 is 0 Å². The minimum atomic E-state index is -0.346. The summed E-state index contributed by atoms with van der Waals surface area (Å²) in [7, 11) is 1.69. The Morgan fingerprint density at radius 2 is 2.00 bits per heavy atom. The van der Waals surface area contributed by atoms with Crippen LogP contribution in [0.25, 0.3) is 0 Å². The van der Waals surface area contributed by atoms with Crippen molar-refractivity contribution in [3.8, 4) is 5.75 Å². The Balaban J connectivity index is 1.89. The van der Waals surface area contributed by atoms with E-state index in [0.29, 0.717) is 0 Å². The zero-order chi connectivity index (χ0) is 14.6. The number of fused-ring (bicyclic) bond motifs is 6. The second-order valence-electron chi connectivity index (χ2n) is 6.24. The minimum Gasteiger partial charge on any atom is -0.497 e. The summed E-state index contributed by atoms with van der Waals surface area (Å²) >= 11 is 0. The van der Waals surface area contributed by atoms with Crippen LogP contribution in [-0.4, -0.2) is 17.4 Å². The average Bonchev–Trinajstić information content (AvgIpc) is 2.64. The number of benzene rings is 2. The molecule has 0 amide bonds. The molecule has 2 bridgehead atoms. The van der Waals surface area contributed by atoms with Gasteiger partial charge in [-0.3, -0.25) is 0 Å². The zero-order valence-electron chi connectivity index (χ0n) is 12.3. The number of hydroxylamine groups is 2. The van der Waals surface area contributed by atoms with Gasteiger partial charge in [0.05, 0.1) is 18.7 Å². The second-order valence-corrected chi connectivity index (χ2v) is 6.24. The fourth-order valence-electron chi connectivity index (χ4n) is 3.92. The first kappa shape index (κ1) is 12.9. The first-order chi connectivity index (χ1) is 10.1. The lowest BCUT2D eigenvalue weighted by Crippen LogP contribution is -2.38. The summed E-state index contributed by atoms with van der Waals surface area (Å²) in [4.78, 5) is 0. The number of methoxy groups -OCH3 is 1. The molecule has 2 aliphatic heterocycles. The van der Waals surface area contributed by atoms with Gasteiger partial charge in [0.15, 0.2) is 0 Å². The molecule has 3 nitrogen and oxygen atoms in total. The molecular formula is C18H19NO2. The maximum atomic E-state index is 10.8. The van der Waals surface area contributed by atoms with E-state index in [1.807, 2.05) is 6.07 Å². The van der Waals surface area contributed by atoms with Crippen molar-refractivity contribution in [2.75, 3.05) is 7.11 Å². The summed E-state index contributed by atoms with van der Waals surface area (Å²) in [6.45, 7) is 2.13. The molecule has 0 radical (unpaired) electrons. The highest BCUT2D eigenvalue weighted by atomic mass is 16.5. The molecule has 0 aliphatic carbocycles. The maximum absolute atomic E-state index is 10.8. The molecule has 4 rings (SSSR count). The lowest BCUT2D eigenvalue weighted by atomic mass is 9.82. The van der Waals surface area contributed by atoms with Crippen LogP contribution in [-0.2, 0) is 18.4 Å². The lowest BCUT2D eigenvalue weighted by Gasteiger charge is -2.32. The molecule has 1 N–H and O–H groups in total. The van der Waals surface area contributed by atoms with Crippen molar-refractivity contribution >= 4 is 0 Å². The Morgan fingerprint density at radius 1 is 1.19 bits per heavy atom. The van der Waals surface area contributed by atoms with Crippen LogP contribution in [0.2, 0.25) is 0 Å². The lowest BCUT2D eigenvalue weighted by molar-refractivity contribution is -0.188. The van der Waals surface area contributed by atoms with Crippen molar-refractivity contribution in [3.63, 3.8) is 0 Å². The monoisotopic (exact) mass is 281 g/mol. The molecule has 21 heavy (non-hydrogen) atoms. The van der Waals surface area contributed by atoms with Gasteiger partial charge in [-0.1, -0.05) is 30.3 Å². The van der Waals surface area contributed by atoms with Crippen molar-refractivity contribution in [2.24, 2.45) is 0 Å². The van der Waals surface area contributed by atoms with Gasteiger partial charge in [0.2, 0.25) is 0 Å². The Morgan fingerprint density at radius 3 is 2.81 bits per heavy atom. The van der Waals surface area contributed by atoms with E-state index in [1.54, 1.807) is 12.2 Å². The van der Waals surface area contributed by atoms with Gasteiger partial charge < -0.3 is 9.94 Å². The van der Waals surface area contributed by atoms with Gasteiger partial charge in [-0.25, -0.2) is 0 Å². The van der Waals surface area contributed by atoms with Gasteiger partial charge in [0.1, 0.15) is 5.75 Å². The fraction of sp³-hybridized carbons (Fsp3) is 0.333. The largest absolute Gasteiger partial charge is 0.497 e. The van der Waals surface area contributed by atoms with Crippen LogP contribution in [0, 0.1) is 0 Å². The van der Waals surface area contributed by atoms with Gasteiger partial charge in [-0.2, -0.15) is 5.06 Å². The van der Waals surface area contributed by atoms with Crippen LogP contribution in [0.15, 0.2) is 42.5 Å². The standard InChI is InChI=1S/C18H19NO2/c1-18-11-12-7-8-14(21-2)9-13(12)10-17(19(18)20)15-5-3-4-6-16(15)18/h3-9,17,20H,10-11H2,1-2H3. The van der Waals surface area contributed by atoms with Crippen LogP contribution in [0.1, 0.15) is 35.2 Å². The number of nitrogens with zero attached hydrogens (tertiary/aromatic N) is 1. The fourth-order valence-corrected chi connectivity index (χ4v) is 3.92. The summed E-state index contributed by atoms with van der Waals surface area (Å²) < 4.78 is 5.35. The SMILES string of the molecule is COc1ccc2c(c1)CC1c3ccccc3C(C)(C2)N1O. The Kier molecular flexibility index (Phi) is 2.65. The van der Waals surface area contributed by atoms with E-state index in [1.165, 1.54) is 22.3 Å². The van der Waals surface area contributed by atoms with Crippen LogP contribution in [0.4, 0.5) is 0 Å². The predicted molar refractivity (Wildman–Crippen MR) is 80.6 cm³/mol. The number of rotatable bonds is 1. The minimum absolute atomic E-state index is 0.0274. The molecular weight excluding hydrogens is 262 g/mol. The molecule has 2 aliphatic rings. The number of hydrogen-bond donors (Lipinski definition) is 1. The van der Waals surface area contributed by atoms with Crippen LogP contribution in [0.5, 0.6) is 5.75 Å². The maximum Gasteiger partial charge on any atom is 0.119 e. The smallest absolute Gasteiger partial charge is 0.119 e. The van der Waals surface area contributed by atoms with Crippen LogP contribution in [0.3, 0.4) is 0 Å². The molecule has 0 fully saturated rings. The van der Waals surface area contributed by atoms with E-state index in [0.717, 1.165) is 18.6 Å². The normalized spacial score (nSPS) is 26.9. The average molecular weight is 281 g/mol. The Labute approximate surface area is 124 Å². The molecule has 2 unspecified atom stereocenters. The molecule has 0 saturated carbocycles. The second kappa shape index (κ2) is 4.33. The van der Waals surface area contributed by atoms with Crippen molar-refractivity contribution < 1.29 is 9.94 Å². The van der Waals surface area contributed by atoms with Crippen molar-refractivity contribution in [1.82, 2.24) is 5.06 Å². The molecule has 2 atom stereocenters. The highest BCUT2D eigenvalue weighted by molar-refractivity contribution is 5.47. The summed E-state index contributed by atoms with van der Waals surface area (Å²) in [6, 6.07) is 14.7. The van der Waals surface area contributed by atoms with Gasteiger partial charge in [0, 0.05) is 0 Å². The summed E-state index contributed by atoms with van der Waals surface area (Å²) in [5.74, 6) is 0.884. The quantitative estimate of drug-likeness (QED) is 0.869. The van der Waals surface area contributed by atoms with E-state index >= 15 is 0 Å². The number of hydrogen-bond acceptors (Lipinski definition) is 3. The van der Waals surface area contributed by atoms with Gasteiger partial charge in [0.25, 0.3) is 0 Å². The molecule has 108 valence electrons. The predicted octanol–water partition coefficient (Wildman–Crippen LogP) is 3.46. The zero-order valence-corrected chi connectivity index (χ0v) is 12.3. The van der Waals surface area contributed by atoms with Crippen molar-refractivity contribution in [3.05, 3.63) is 64.7 Å². The van der Waals surface area contributed by atoms with E-state index in [-0.39, 0.29) is 11.6 Å². The molecule has 0 spiro atoms. The van der Waals surface area contributed by atoms with E-state index in [2.05, 4.69) is 43.3 Å². The first-order valence-corrected chi connectivity index (χ1v) is 7.37. The third-order valence-corrected chi connectivity index (χ3v) is 5.06. The number of ether oxygens (including phenoxy) is 1. The summed E-state index contributed by atoms with van der Waals surface area (Å²) in [5.41, 5.74) is 4.72. The Hall–Kier alpha value is -1.84. The molecule has 0 saturated heterocycles. The topological polar surface area (TPSA) is 32.7 Å². The summed E-state index contributed by atoms with van der Waals surface area (Å²) in [5, 5.41) is 12.3. The van der Waals surface area contributed by atoms with Gasteiger partial charge >= 0.3 is 0 Å².